The second-order valence-corrected chi connectivity index (χ2v) is 7.40. The fourth-order valence-electron chi connectivity index (χ4n) is 4.06. The number of halogens is 5. The molecule has 0 fully saturated rings. The molecule has 1 aliphatic carbocycles. The Hall–Kier alpha value is -2.41. The van der Waals surface area contributed by atoms with Crippen molar-refractivity contribution < 1.29 is 22.0 Å². The van der Waals surface area contributed by atoms with Gasteiger partial charge in [-0.05, 0) is 49.6 Å². The second kappa shape index (κ2) is 6.88. The maximum atomic E-state index is 14.0. The molecule has 0 bridgehead atoms. The van der Waals surface area contributed by atoms with Gasteiger partial charge >= 0.3 is 6.18 Å². The monoisotopic (exact) mass is 394 g/mol. The summed E-state index contributed by atoms with van der Waals surface area (Å²) >= 11 is 0. The van der Waals surface area contributed by atoms with E-state index in [9.17, 15) is 22.0 Å². The lowest BCUT2D eigenvalue weighted by Gasteiger charge is -2.31. The third-order valence-electron chi connectivity index (χ3n) is 5.50. The van der Waals surface area contributed by atoms with E-state index in [1.165, 1.54) is 18.2 Å². The number of aromatic amines is 1. The summed E-state index contributed by atoms with van der Waals surface area (Å²) in [7, 11) is 1.87. The smallest absolute Gasteiger partial charge is 0.356 e. The van der Waals surface area contributed by atoms with Gasteiger partial charge < -0.3 is 4.98 Å². The average Bonchev–Trinajstić information content (AvgIpc) is 2.99. The molecule has 1 aliphatic rings. The number of nitrogens with one attached hydrogen (secondary N) is 1. The Kier molecular flexibility index (Phi) is 4.65. The van der Waals surface area contributed by atoms with Crippen molar-refractivity contribution in [1.29, 1.82) is 0 Å². The molecule has 0 saturated heterocycles. The van der Waals surface area contributed by atoms with E-state index < -0.39 is 23.4 Å². The van der Waals surface area contributed by atoms with Crippen molar-refractivity contribution >= 4 is 10.9 Å². The molecule has 0 saturated carbocycles. The number of aromatic nitrogens is 1. The quantitative estimate of drug-likeness (QED) is 0.585. The third-order valence-corrected chi connectivity index (χ3v) is 5.50. The minimum absolute atomic E-state index is 0.0763. The van der Waals surface area contributed by atoms with Crippen molar-refractivity contribution in [3.05, 3.63) is 70.4 Å². The zero-order chi connectivity index (χ0) is 20.1. The van der Waals surface area contributed by atoms with Crippen molar-refractivity contribution in [1.82, 2.24) is 9.88 Å². The molecule has 28 heavy (non-hydrogen) atoms. The summed E-state index contributed by atoms with van der Waals surface area (Å²) in [6, 6.07) is 7.59. The predicted octanol–water partition coefficient (Wildman–Crippen LogP) is 5.45. The van der Waals surface area contributed by atoms with Crippen LogP contribution in [0.25, 0.3) is 10.9 Å². The van der Waals surface area contributed by atoms with Gasteiger partial charge in [0.25, 0.3) is 0 Å². The molecule has 0 radical (unpaired) electrons. The maximum absolute atomic E-state index is 14.0. The zero-order valence-electron chi connectivity index (χ0n) is 15.2. The molecule has 0 spiro atoms. The van der Waals surface area contributed by atoms with Crippen molar-refractivity contribution in [2.45, 2.75) is 38.0 Å². The molecule has 2 aromatic carbocycles. The third kappa shape index (κ3) is 3.51. The molecule has 1 atom stereocenters. The molecule has 3 aromatic rings. The Labute approximate surface area is 159 Å². The summed E-state index contributed by atoms with van der Waals surface area (Å²) in [6.45, 7) is 0.370. The lowest BCUT2D eigenvalue weighted by Crippen LogP contribution is -2.36. The van der Waals surface area contributed by atoms with Gasteiger partial charge in [0.1, 0.15) is 11.6 Å². The first kappa shape index (κ1) is 18.9. The number of rotatable bonds is 3. The fraction of sp³-hybridized carbons (Fsp3) is 0.333. The molecule has 148 valence electrons. The minimum Gasteiger partial charge on any atom is -0.356 e. The van der Waals surface area contributed by atoms with Crippen molar-refractivity contribution in [2.24, 2.45) is 0 Å². The first-order valence-corrected chi connectivity index (χ1v) is 9.07. The molecule has 0 amide bonds. The summed E-state index contributed by atoms with van der Waals surface area (Å²) in [5, 5.41) is 0.546. The second-order valence-electron chi connectivity index (χ2n) is 7.40. The summed E-state index contributed by atoms with van der Waals surface area (Å²) in [5.41, 5.74) is 2.03. The summed E-state index contributed by atoms with van der Waals surface area (Å²) < 4.78 is 66.5. The Morgan fingerprint density at radius 2 is 1.93 bits per heavy atom. The number of fused-ring (bicyclic) bond motifs is 3. The Bertz CT molecular complexity index is 1020. The predicted molar refractivity (Wildman–Crippen MR) is 96.9 cm³/mol. The van der Waals surface area contributed by atoms with E-state index >= 15 is 0 Å². The molecular formula is C21H19F5N2. The topological polar surface area (TPSA) is 19.0 Å². The number of aryl methyl sites for hydroxylation is 1. The molecule has 1 heterocycles. The molecule has 0 aliphatic heterocycles. The highest BCUT2D eigenvalue weighted by Gasteiger charge is 2.31. The number of hydrogen-bond donors (Lipinski definition) is 1. The molecule has 1 aromatic heterocycles. The summed E-state index contributed by atoms with van der Waals surface area (Å²) in [5.74, 6) is -1.23. The lowest BCUT2D eigenvalue weighted by atomic mass is 9.90. The van der Waals surface area contributed by atoms with Gasteiger partial charge in [0, 0.05) is 29.7 Å². The van der Waals surface area contributed by atoms with Crippen LogP contribution in [0.1, 0.15) is 28.8 Å². The van der Waals surface area contributed by atoms with Crippen LogP contribution in [0.3, 0.4) is 0 Å². The van der Waals surface area contributed by atoms with Gasteiger partial charge in [-0.2, -0.15) is 13.2 Å². The van der Waals surface area contributed by atoms with Crippen LogP contribution in [0.2, 0.25) is 0 Å². The van der Waals surface area contributed by atoms with Gasteiger partial charge in [-0.15, -0.1) is 0 Å². The van der Waals surface area contributed by atoms with E-state index in [0.29, 0.717) is 35.9 Å². The van der Waals surface area contributed by atoms with Crippen molar-refractivity contribution in [2.75, 3.05) is 7.05 Å². The number of benzene rings is 2. The van der Waals surface area contributed by atoms with Gasteiger partial charge in [0.2, 0.25) is 0 Å². The fourth-order valence-corrected chi connectivity index (χ4v) is 4.06. The van der Waals surface area contributed by atoms with E-state index in [1.807, 2.05) is 11.9 Å². The van der Waals surface area contributed by atoms with E-state index in [0.717, 1.165) is 29.8 Å². The molecule has 1 unspecified atom stereocenters. The van der Waals surface area contributed by atoms with E-state index in [1.54, 1.807) is 6.07 Å². The van der Waals surface area contributed by atoms with Crippen LogP contribution in [0, 0.1) is 11.6 Å². The van der Waals surface area contributed by atoms with Crippen LogP contribution in [0.4, 0.5) is 22.0 Å². The first-order valence-electron chi connectivity index (χ1n) is 9.07. The average molecular weight is 394 g/mol. The lowest BCUT2D eigenvalue weighted by molar-refractivity contribution is -0.137. The van der Waals surface area contributed by atoms with Gasteiger partial charge in [0.15, 0.2) is 0 Å². The Morgan fingerprint density at radius 1 is 1.14 bits per heavy atom. The number of nitrogens with zero attached hydrogens (tertiary/aromatic N) is 1. The van der Waals surface area contributed by atoms with Crippen molar-refractivity contribution in [3.63, 3.8) is 0 Å². The highest BCUT2D eigenvalue weighted by Crippen LogP contribution is 2.33. The van der Waals surface area contributed by atoms with Gasteiger partial charge in [-0.3, -0.25) is 4.90 Å². The highest BCUT2D eigenvalue weighted by atomic mass is 19.4. The SMILES string of the molecule is CN(Cc1cccc(C(F)(F)F)c1)C1CCc2[nH]c3c(F)cc(F)cc3c2C1. The molecule has 4 rings (SSSR count). The van der Waals surface area contributed by atoms with E-state index in [2.05, 4.69) is 4.98 Å². The van der Waals surface area contributed by atoms with Gasteiger partial charge in [0.05, 0.1) is 11.1 Å². The van der Waals surface area contributed by atoms with Crippen LogP contribution in [-0.2, 0) is 25.6 Å². The largest absolute Gasteiger partial charge is 0.416 e. The summed E-state index contributed by atoms with van der Waals surface area (Å²) in [4.78, 5) is 5.07. The zero-order valence-corrected chi connectivity index (χ0v) is 15.2. The van der Waals surface area contributed by atoms with Crippen LogP contribution in [0.5, 0.6) is 0 Å². The van der Waals surface area contributed by atoms with Gasteiger partial charge in [-0.1, -0.05) is 18.2 Å². The van der Waals surface area contributed by atoms with E-state index in [4.69, 9.17) is 0 Å². The molecule has 2 nitrogen and oxygen atoms in total. The highest BCUT2D eigenvalue weighted by molar-refractivity contribution is 5.85. The number of hydrogen-bond acceptors (Lipinski definition) is 1. The maximum Gasteiger partial charge on any atom is 0.416 e. The first-order chi connectivity index (χ1) is 13.2. The van der Waals surface area contributed by atoms with Crippen LogP contribution >= 0.6 is 0 Å². The number of H-pyrrole nitrogens is 1. The minimum atomic E-state index is -4.37. The van der Waals surface area contributed by atoms with E-state index in [-0.39, 0.29) is 6.04 Å². The molecule has 1 N–H and O–H groups in total. The number of alkyl halides is 3. The normalized spacial score (nSPS) is 17.3. The Balaban J connectivity index is 1.56. The number of likely N-dealkylation sites (N-methyl/N-ethyl adjacent to an activating group) is 1. The summed E-state index contributed by atoms with van der Waals surface area (Å²) in [6.07, 6.45) is -2.30. The van der Waals surface area contributed by atoms with Crippen molar-refractivity contribution in [3.8, 4) is 0 Å². The van der Waals surface area contributed by atoms with Gasteiger partial charge in [-0.25, -0.2) is 8.78 Å². The molecule has 7 heteroatoms. The Morgan fingerprint density at radius 3 is 2.68 bits per heavy atom. The standard InChI is InChI=1S/C21H19F5N2/c1-28(11-12-3-2-4-13(7-12)21(24,25)26)15-5-6-19-16(10-15)17-8-14(22)9-18(23)20(17)27-19/h2-4,7-9,15,27H,5-6,10-11H2,1H3. The molecular weight excluding hydrogens is 375 g/mol. The van der Waals surface area contributed by atoms with Crippen LogP contribution in [0.15, 0.2) is 36.4 Å². The van der Waals surface area contributed by atoms with Crippen LogP contribution in [-0.4, -0.2) is 23.0 Å². The van der Waals surface area contributed by atoms with Crippen LogP contribution < -0.4 is 0 Å².